The van der Waals surface area contributed by atoms with Gasteiger partial charge in [-0.1, -0.05) is 65.7 Å². The van der Waals surface area contributed by atoms with Crippen LogP contribution in [0.4, 0.5) is 10.5 Å². The van der Waals surface area contributed by atoms with E-state index in [0.717, 1.165) is 53.2 Å². The predicted octanol–water partition coefficient (Wildman–Crippen LogP) is 4.30. The normalized spacial score (nSPS) is 25.0. The number of fused-ring (bicyclic) bond motifs is 8. The molecule has 7 unspecified atom stereocenters. The van der Waals surface area contributed by atoms with Crippen molar-refractivity contribution in [3.05, 3.63) is 51.8 Å². The molecule has 2 aliphatic carbocycles. The fourth-order valence-electron chi connectivity index (χ4n) is 9.97. The quantitative estimate of drug-likeness (QED) is 0.0910. The molecule has 0 aromatic heterocycles. The summed E-state index contributed by atoms with van der Waals surface area (Å²) in [6, 6.07) is 4.40. The Balaban J connectivity index is 1.18. The summed E-state index contributed by atoms with van der Waals surface area (Å²) in [5, 5.41) is 10.3. The van der Waals surface area contributed by atoms with Gasteiger partial charge in [-0.15, -0.1) is 23.5 Å². The van der Waals surface area contributed by atoms with E-state index in [9.17, 15) is 47.9 Å². The summed E-state index contributed by atoms with van der Waals surface area (Å²) in [5.74, 6) is -4.18. The lowest BCUT2D eigenvalue weighted by atomic mass is 9.66. The average molecular weight is 1020 g/mol. The van der Waals surface area contributed by atoms with Crippen molar-refractivity contribution in [3.63, 3.8) is 0 Å². The van der Waals surface area contributed by atoms with Crippen LogP contribution in [0.25, 0.3) is 0 Å². The lowest BCUT2D eigenvalue weighted by molar-refractivity contribution is -0.142. The largest absolute Gasteiger partial charge is 0.445 e. The minimum Gasteiger partial charge on any atom is -0.445 e. The maximum absolute atomic E-state index is 14.2. The molecule has 2 saturated carbocycles. The number of hydrogen-bond donors (Lipinski definition) is 4. The number of benzene rings is 1. The van der Waals surface area contributed by atoms with Crippen molar-refractivity contribution in [2.24, 2.45) is 23.7 Å². The van der Waals surface area contributed by atoms with Gasteiger partial charge in [-0.2, -0.15) is 0 Å². The Hall–Kier alpha value is -5.54. The van der Waals surface area contributed by atoms with E-state index in [1.54, 1.807) is 65.0 Å². The summed E-state index contributed by atoms with van der Waals surface area (Å²) in [5.41, 5.74) is 0.962. The molecule has 21 heteroatoms. The molecular formula is C50H69N7O12S2. The van der Waals surface area contributed by atoms with Gasteiger partial charge < -0.3 is 35.5 Å². The third-order valence-corrected chi connectivity index (χ3v) is 17.0. The summed E-state index contributed by atoms with van der Waals surface area (Å²) in [6.07, 6.45) is 8.62. The van der Waals surface area contributed by atoms with Crippen LogP contribution in [0.2, 0.25) is 0 Å². The Morgan fingerprint density at radius 1 is 0.901 bits per heavy atom. The zero-order chi connectivity index (χ0) is 52.2. The number of anilines is 1. The van der Waals surface area contributed by atoms with Crippen LogP contribution in [-0.4, -0.2) is 142 Å². The molecule has 71 heavy (non-hydrogen) atoms. The average Bonchev–Trinajstić information content (AvgIpc) is 3.46. The highest BCUT2D eigenvalue weighted by atomic mass is 32.2. The number of thioether (sulfide) groups is 2. The van der Waals surface area contributed by atoms with Crippen LogP contribution in [-0.2, 0) is 59.2 Å². The van der Waals surface area contributed by atoms with Crippen molar-refractivity contribution in [3.8, 4) is 0 Å². The van der Waals surface area contributed by atoms with Gasteiger partial charge in [-0.05, 0) is 87.3 Å². The molecule has 6 bridgehead atoms. The number of allylic oxidation sites excluding steroid dienone is 1. The first kappa shape index (κ1) is 56.4. The second-order valence-electron chi connectivity index (χ2n) is 19.5. The van der Waals surface area contributed by atoms with Crippen LogP contribution in [0.1, 0.15) is 99.0 Å². The fourth-order valence-corrected chi connectivity index (χ4v) is 13.3. The highest BCUT2D eigenvalue weighted by Gasteiger charge is 2.55. The molecule has 5 rings (SSSR count). The molecule has 3 fully saturated rings. The fraction of sp³-hybridized carbons (Fsp3) is 0.600. The van der Waals surface area contributed by atoms with E-state index < -0.39 is 89.4 Å². The van der Waals surface area contributed by atoms with Crippen molar-refractivity contribution in [2.75, 3.05) is 45.2 Å². The summed E-state index contributed by atoms with van der Waals surface area (Å²) in [6.45, 7) is 10.8. The maximum Gasteiger partial charge on any atom is 0.410 e. The Morgan fingerprint density at radius 2 is 1.59 bits per heavy atom. The minimum atomic E-state index is -1.18. The van der Waals surface area contributed by atoms with Crippen molar-refractivity contribution in [1.82, 2.24) is 30.7 Å². The number of carbonyl (C=O) groups is 10. The number of nitrogens with zero attached hydrogens (tertiary/aromatic N) is 3. The standard InChI is InChI=1S/C50H69N7O12S2/c1-9-37-46(65)56(29-59)24-36(25-57-41(62)22-38(47(57)66)71-50(10-2)28-49(7,70-37)33-13-11-12-14-34(50)21-33)68-27-40(61)54-42(30(3)4)44(63)52-23-39(60)53-35-17-15-32(16-18-35)26-69-48(67)55(8)43(31(5)6)45(64)51-19-20-58/h9,15-18,20,22,29-31,33-34,36,42-43H,10-14,19,21,23-28H2,1-8H3,(H,51,64)(H,52,63)(H,53,60)(H,54,61)/b37-9+. The lowest BCUT2D eigenvalue weighted by Crippen LogP contribution is -2.53. The van der Waals surface area contributed by atoms with Crippen molar-refractivity contribution >= 4 is 89.4 Å². The smallest absolute Gasteiger partial charge is 0.410 e. The molecule has 0 spiro atoms. The first-order chi connectivity index (χ1) is 33.7. The van der Waals surface area contributed by atoms with Crippen molar-refractivity contribution < 1.29 is 57.4 Å². The number of carbonyl (C=O) groups excluding carboxylic acids is 10. The topological polar surface area (TPSA) is 247 Å². The molecule has 19 nitrogen and oxygen atoms in total. The highest BCUT2D eigenvalue weighted by Crippen LogP contribution is 2.62. The molecule has 1 saturated heterocycles. The van der Waals surface area contributed by atoms with E-state index in [1.807, 2.05) is 0 Å². The number of rotatable bonds is 18. The summed E-state index contributed by atoms with van der Waals surface area (Å²) in [7, 11) is 1.43. The predicted molar refractivity (Wildman–Crippen MR) is 268 cm³/mol. The van der Waals surface area contributed by atoms with Gasteiger partial charge in [-0.3, -0.25) is 53.1 Å². The van der Waals surface area contributed by atoms with Crippen molar-refractivity contribution in [1.29, 1.82) is 0 Å². The third-order valence-electron chi connectivity index (χ3n) is 13.8. The van der Waals surface area contributed by atoms with E-state index in [0.29, 0.717) is 52.0 Å². The van der Waals surface area contributed by atoms with Crippen LogP contribution < -0.4 is 21.3 Å². The molecule has 7 atom stereocenters. The van der Waals surface area contributed by atoms with Crippen LogP contribution in [0.3, 0.4) is 0 Å². The van der Waals surface area contributed by atoms with Gasteiger partial charge in [0.25, 0.3) is 17.7 Å². The van der Waals surface area contributed by atoms with E-state index in [-0.39, 0.29) is 36.9 Å². The van der Waals surface area contributed by atoms with Gasteiger partial charge in [0.2, 0.25) is 30.0 Å². The van der Waals surface area contributed by atoms with E-state index in [2.05, 4.69) is 35.1 Å². The van der Waals surface area contributed by atoms with Gasteiger partial charge in [0, 0.05) is 28.3 Å². The second-order valence-corrected chi connectivity index (χ2v) is 22.5. The summed E-state index contributed by atoms with van der Waals surface area (Å²) in [4.78, 5) is 134. The molecule has 2 aliphatic heterocycles. The number of likely N-dealkylation sites (N-methyl/N-ethyl adjacent to an activating group) is 1. The van der Waals surface area contributed by atoms with E-state index in [1.165, 1.54) is 36.6 Å². The van der Waals surface area contributed by atoms with E-state index in [4.69, 9.17) is 9.47 Å². The molecule has 1 aromatic carbocycles. The first-order valence-corrected chi connectivity index (χ1v) is 25.9. The first-order valence-electron chi connectivity index (χ1n) is 24.3. The third kappa shape index (κ3) is 14.1. The molecule has 388 valence electrons. The zero-order valence-electron chi connectivity index (χ0n) is 41.9. The van der Waals surface area contributed by atoms with Crippen molar-refractivity contribution in [2.45, 2.75) is 128 Å². The molecule has 2 heterocycles. The van der Waals surface area contributed by atoms with Crippen LogP contribution in [0.15, 0.2) is 46.2 Å². The highest BCUT2D eigenvalue weighted by molar-refractivity contribution is 8.06. The lowest BCUT2D eigenvalue weighted by Gasteiger charge is -2.54. The van der Waals surface area contributed by atoms with Crippen LogP contribution >= 0.6 is 23.5 Å². The summed E-state index contributed by atoms with van der Waals surface area (Å²) >= 11 is 2.95. The Labute approximate surface area is 424 Å². The number of amides is 9. The zero-order valence-corrected chi connectivity index (χ0v) is 43.5. The van der Waals surface area contributed by atoms with Gasteiger partial charge in [0.15, 0.2) is 0 Å². The second kappa shape index (κ2) is 25.2. The summed E-state index contributed by atoms with van der Waals surface area (Å²) < 4.78 is 10.6. The molecule has 1 aromatic rings. The van der Waals surface area contributed by atoms with Gasteiger partial charge >= 0.3 is 6.09 Å². The van der Waals surface area contributed by atoms with Gasteiger partial charge in [-0.25, -0.2) is 4.79 Å². The van der Waals surface area contributed by atoms with Crippen LogP contribution in [0, 0.1) is 23.7 Å². The Kier molecular flexibility index (Phi) is 20.0. The van der Waals surface area contributed by atoms with Gasteiger partial charge in [0.05, 0.1) is 42.1 Å². The Morgan fingerprint density at radius 3 is 2.21 bits per heavy atom. The minimum absolute atomic E-state index is 0.134. The number of ether oxygens (including phenoxy) is 2. The number of hydrogen-bond acceptors (Lipinski definition) is 14. The van der Waals surface area contributed by atoms with Crippen LogP contribution in [0.5, 0.6) is 0 Å². The monoisotopic (exact) mass is 1020 g/mol. The molecule has 0 radical (unpaired) electrons. The number of aldehydes is 1. The molecule has 9 amide bonds. The SMILES string of the molecule is C/C=C1/SC2(C)CC(CC)(SC3=CC(=O)N(CC(OCC(=O)NC(C(=O)NCC(=O)Nc4ccc(COC(=O)N(C)C(C(=O)NCC=O)C(C)C)cc4)C(C)C)CN(C=O)C1=O)C3=O)C1CCCCC2C1. The van der Waals surface area contributed by atoms with E-state index >= 15 is 0 Å². The molecular weight excluding hydrogens is 955 g/mol. The van der Waals surface area contributed by atoms with Gasteiger partial charge in [0.1, 0.15) is 31.6 Å². The molecule has 4 N–H and O–H groups in total. The number of imide groups is 2. The molecule has 4 aliphatic rings. The Bertz CT molecular complexity index is 2260. The maximum atomic E-state index is 14.2. The number of nitrogens with one attached hydrogen (secondary N) is 4.